The fraction of sp³-hybridized carbons (Fsp3) is 0.519. The molecule has 0 bridgehead atoms. The van der Waals surface area contributed by atoms with Crippen LogP contribution in [0.15, 0.2) is 48.2 Å². The van der Waals surface area contributed by atoms with Crippen LogP contribution in [0.25, 0.3) is 5.57 Å². The lowest BCUT2D eigenvalue weighted by atomic mass is 9.78. The van der Waals surface area contributed by atoms with Crippen molar-refractivity contribution in [1.29, 1.82) is 0 Å². The van der Waals surface area contributed by atoms with E-state index in [0.29, 0.717) is 25.6 Å². The Morgan fingerprint density at radius 2 is 1.89 bits per heavy atom. The molecule has 188 valence electrons. The average Bonchev–Trinajstić information content (AvgIpc) is 2.88. The van der Waals surface area contributed by atoms with Gasteiger partial charge in [0.05, 0.1) is 19.3 Å². The van der Waals surface area contributed by atoms with Crippen molar-refractivity contribution in [2.24, 2.45) is 11.8 Å². The molecule has 1 fully saturated rings. The SMILES string of the molecule is COc1ccccc1N1CCN(CCNN2CC3=C(c4cccnc42)C(C(C)C)CN([O-])C3)CC1. The molecule has 1 saturated heterocycles. The standard InChI is InChI=1S/C27H37N6O2/c1-20(2)23-19-32(34)17-21-18-33(27-22(26(21)23)7-6-10-28-27)29-11-12-30-13-15-31(16-14-30)24-8-4-5-9-25(24)35-3/h4-10,20,23,29H,11-19H2,1-3H3/q-1. The number of piperazine rings is 1. The molecule has 1 N–H and O–H groups in total. The number of anilines is 2. The number of pyridine rings is 1. The third-order valence-corrected chi connectivity index (χ3v) is 7.53. The molecule has 8 nitrogen and oxygen atoms in total. The van der Waals surface area contributed by atoms with E-state index in [2.05, 4.69) is 52.3 Å². The topological polar surface area (TPSA) is 70.2 Å². The van der Waals surface area contributed by atoms with E-state index in [4.69, 9.17) is 9.72 Å². The number of aromatic nitrogens is 1. The number of benzene rings is 1. The van der Waals surface area contributed by atoms with Gasteiger partial charge in [0.25, 0.3) is 0 Å². The fourth-order valence-electron chi connectivity index (χ4n) is 5.67. The van der Waals surface area contributed by atoms with E-state index >= 15 is 0 Å². The van der Waals surface area contributed by atoms with Gasteiger partial charge in [-0.25, -0.2) is 10.4 Å². The molecule has 2 aromatic rings. The summed E-state index contributed by atoms with van der Waals surface area (Å²) in [5.74, 6) is 2.59. The fourth-order valence-corrected chi connectivity index (χ4v) is 5.67. The van der Waals surface area contributed by atoms with Gasteiger partial charge in [-0.05, 0) is 53.8 Å². The van der Waals surface area contributed by atoms with Crippen molar-refractivity contribution in [3.8, 4) is 5.75 Å². The monoisotopic (exact) mass is 477 g/mol. The first-order valence-electron chi connectivity index (χ1n) is 12.8. The Kier molecular flexibility index (Phi) is 7.24. The summed E-state index contributed by atoms with van der Waals surface area (Å²) in [6.07, 6.45) is 1.86. The number of rotatable bonds is 7. The zero-order valence-electron chi connectivity index (χ0n) is 21.1. The van der Waals surface area contributed by atoms with Crippen molar-refractivity contribution >= 4 is 17.1 Å². The summed E-state index contributed by atoms with van der Waals surface area (Å²) < 4.78 is 5.55. The molecule has 0 spiro atoms. The molecule has 8 heteroatoms. The maximum atomic E-state index is 12.5. The van der Waals surface area contributed by atoms with Gasteiger partial charge in [-0.15, -0.1) is 0 Å². The summed E-state index contributed by atoms with van der Waals surface area (Å²) >= 11 is 0. The first-order chi connectivity index (χ1) is 17.0. The second-order valence-electron chi connectivity index (χ2n) is 10.1. The number of hydrogen-bond acceptors (Lipinski definition) is 8. The summed E-state index contributed by atoms with van der Waals surface area (Å²) in [7, 11) is 1.73. The minimum atomic E-state index is 0.251. The summed E-state index contributed by atoms with van der Waals surface area (Å²) in [4.78, 5) is 9.64. The van der Waals surface area contributed by atoms with E-state index in [1.54, 1.807) is 7.11 Å². The second-order valence-corrected chi connectivity index (χ2v) is 10.1. The highest BCUT2D eigenvalue weighted by molar-refractivity contribution is 5.82. The van der Waals surface area contributed by atoms with E-state index < -0.39 is 0 Å². The smallest absolute Gasteiger partial charge is 0.150 e. The van der Waals surface area contributed by atoms with Crippen LogP contribution < -0.4 is 20.1 Å². The van der Waals surface area contributed by atoms with Gasteiger partial charge in [0.2, 0.25) is 0 Å². The van der Waals surface area contributed by atoms with Crippen LogP contribution in [0.5, 0.6) is 5.75 Å². The van der Waals surface area contributed by atoms with Crippen molar-refractivity contribution in [3.63, 3.8) is 0 Å². The number of nitrogens with zero attached hydrogens (tertiary/aromatic N) is 5. The van der Waals surface area contributed by atoms with Gasteiger partial charge in [-0.3, -0.25) is 9.91 Å². The first kappa shape index (κ1) is 24.1. The van der Waals surface area contributed by atoms with Crippen molar-refractivity contribution in [3.05, 3.63) is 58.9 Å². The first-order valence-corrected chi connectivity index (χ1v) is 12.8. The Morgan fingerprint density at radius 1 is 1.09 bits per heavy atom. The van der Waals surface area contributed by atoms with Crippen LogP contribution in [0.2, 0.25) is 0 Å². The molecule has 4 heterocycles. The van der Waals surface area contributed by atoms with E-state index in [1.165, 1.54) is 27.5 Å². The molecule has 1 aromatic carbocycles. The normalized spacial score (nSPS) is 21.3. The third kappa shape index (κ3) is 5.02. The number of hydrazine groups is 1. The molecule has 35 heavy (non-hydrogen) atoms. The number of nitrogens with one attached hydrogen (secondary N) is 1. The molecule has 0 aliphatic carbocycles. The lowest BCUT2D eigenvalue weighted by Gasteiger charge is -2.46. The van der Waals surface area contributed by atoms with Gasteiger partial charge in [0.1, 0.15) is 5.75 Å². The lowest BCUT2D eigenvalue weighted by Crippen LogP contribution is -2.51. The Balaban J connectivity index is 1.20. The second kappa shape index (κ2) is 10.5. The number of methoxy groups -OCH3 is 1. The van der Waals surface area contributed by atoms with Gasteiger partial charge >= 0.3 is 0 Å². The van der Waals surface area contributed by atoms with Crippen LogP contribution in [0.4, 0.5) is 11.5 Å². The number of hydrogen-bond donors (Lipinski definition) is 1. The molecule has 1 atom stereocenters. The number of ether oxygens (including phenoxy) is 1. The van der Waals surface area contributed by atoms with Crippen molar-refractivity contribution in [2.75, 3.05) is 75.9 Å². The van der Waals surface area contributed by atoms with Crippen molar-refractivity contribution in [1.82, 2.24) is 20.4 Å². The van der Waals surface area contributed by atoms with Crippen LogP contribution >= 0.6 is 0 Å². The predicted octanol–water partition coefficient (Wildman–Crippen LogP) is 3.08. The molecule has 5 rings (SSSR count). The van der Waals surface area contributed by atoms with Gasteiger partial charge in [-0.2, -0.15) is 0 Å². The minimum absolute atomic E-state index is 0.251. The third-order valence-electron chi connectivity index (χ3n) is 7.53. The van der Waals surface area contributed by atoms with Crippen LogP contribution in [0, 0.1) is 17.0 Å². The van der Waals surface area contributed by atoms with Gasteiger partial charge < -0.3 is 19.9 Å². The molecule has 1 unspecified atom stereocenters. The van der Waals surface area contributed by atoms with E-state index in [9.17, 15) is 5.21 Å². The molecular weight excluding hydrogens is 440 g/mol. The summed E-state index contributed by atoms with van der Waals surface area (Å²) in [5, 5.41) is 15.8. The van der Waals surface area contributed by atoms with Crippen LogP contribution in [0.3, 0.4) is 0 Å². The molecule has 0 saturated carbocycles. The van der Waals surface area contributed by atoms with Crippen molar-refractivity contribution in [2.45, 2.75) is 13.8 Å². The quantitative estimate of drug-likeness (QED) is 0.653. The highest BCUT2D eigenvalue weighted by atomic mass is 16.5. The van der Waals surface area contributed by atoms with Crippen LogP contribution in [-0.4, -0.2) is 81.0 Å². The summed E-state index contributed by atoms with van der Waals surface area (Å²) in [6.45, 7) is 12.0. The van der Waals surface area contributed by atoms with Gasteiger partial charge in [-0.1, -0.05) is 26.0 Å². The van der Waals surface area contributed by atoms with Crippen LogP contribution in [-0.2, 0) is 0 Å². The molecule has 3 aliphatic heterocycles. The maximum Gasteiger partial charge on any atom is 0.150 e. The molecule has 0 radical (unpaired) electrons. The molecule has 1 aromatic heterocycles. The highest BCUT2D eigenvalue weighted by Gasteiger charge is 2.34. The average molecular weight is 478 g/mol. The van der Waals surface area contributed by atoms with E-state index in [0.717, 1.165) is 50.8 Å². The largest absolute Gasteiger partial charge is 0.785 e. The summed E-state index contributed by atoms with van der Waals surface area (Å²) in [5.41, 5.74) is 8.54. The Morgan fingerprint density at radius 3 is 2.66 bits per heavy atom. The van der Waals surface area contributed by atoms with Gasteiger partial charge in [0, 0.05) is 57.6 Å². The van der Waals surface area contributed by atoms with E-state index in [-0.39, 0.29) is 5.92 Å². The predicted molar refractivity (Wildman–Crippen MR) is 141 cm³/mol. The summed E-state index contributed by atoms with van der Waals surface area (Å²) in [6, 6.07) is 12.4. The highest BCUT2D eigenvalue weighted by Crippen LogP contribution is 2.42. The minimum Gasteiger partial charge on any atom is -0.785 e. The molecular formula is C27H37N6O2-. The lowest BCUT2D eigenvalue weighted by molar-refractivity contribution is 0.255. The van der Waals surface area contributed by atoms with E-state index in [1.807, 2.05) is 24.4 Å². The van der Waals surface area contributed by atoms with Gasteiger partial charge in [0.15, 0.2) is 5.82 Å². The maximum absolute atomic E-state index is 12.5. The Labute approximate surface area is 208 Å². The number of para-hydroxylation sites is 2. The number of fused-ring (bicyclic) bond motifs is 2. The Bertz CT molecular complexity index is 1050. The molecule has 0 amide bonds. The van der Waals surface area contributed by atoms with Crippen molar-refractivity contribution < 1.29 is 4.74 Å². The Hall–Kier alpha value is -2.65. The van der Waals surface area contributed by atoms with Crippen LogP contribution in [0.1, 0.15) is 19.4 Å². The number of hydroxylamine groups is 2. The molecule has 3 aliphatic rings. The zero-order valence-corrected chi connectivity index (χ0v) is 21.1. The zero-order chi connectivity index (χ0) is 24.4.